The van der Waals surface area contributed by atoms with Crippen molar-refractivity contribution in [3.63, 3.8) is 0 Å². The van der Waals surface area contributed by atoms with Gasteiger partial charge in [-0.1, -0.05) is 12.1 Å². The van der Waals surface area contributed by atoms with Gasteiger partial charge in [-0.25, -0.2) is 9.59 Å². The van der Waals surface area contributed by atoms with E-state index >= 15 is 0 Å². The van der Waals surface area contributed by atoms with Gasteiger partial charge in [-0.05, 0) is 24.1 Å². The van der Waals surface area contributed by atoms with E-state index in [9.17, 15) is 39.9 Å². The van der Waals surface area contributed by atoms with Crippen LogP contribution in [0.5, 0.6) is 0 Å². The van der Waals surface area contributed by atoms with Crippen molar-refractivity contribution in [3.8, 4) is 0 Å². The van der Waals surface area contributed by atoms with Gasteiger partial charge in [-0.3, -0.25) is 4.79 Å². The summed E-state index contributed by atoms with van der Waals surface area (Å²) in [6, 6.07) is 4.35. The molecule has 33 heavy (non-hydrogen) atoms. The van der Waals surface area contributed by atoms with Crippen LogP contribution in [0.15, 0.2) is 33.5 Å². The van der Waals surface area contributed by atoms with Gasteiger partial charge in [-0.15, -0.1) is 0 Å². The van der Waals surface area contributed by atoms with Gasteiger partial charge in [0.25, 0.3) is 5.79 Å². The molecule has 1 amide bonds. The van der Waals surface area contributed by atoms with Gasteiger partial charge in [-0.2, -0.15) is 0 Å². The predicted molar refractivity (Wildman–Crippen MR) is 110 cm³/mol. The minimum Gasteiger partial charge on any atom is -0.477 e. The van der Waals surface area contributed by atoms with Crippen molar-refractivity contribution >= 4 is 22.8 Å². The first-order valence-electron chi connectivity index (χ1n) is 10.6. The van der Waals surface area contributed by atoms with E-state index < -0.39 is 66.8 Å². The number of nitrogens with one attached hydrogen (secondary N) is 1. The molecule has 2 aromatic rings. The van der Waals surface area contributed by atoms with Crippen LogP contribution >= 0.6 is 0 Å². The normalized spacial score (nSPS) is 27.5. The van der Waals surface area contributed by atoms with E-state index in [1.165, 1.54) is 12.1 Å². The number of rotatable bonds is 7. The van der Waals surface area contributed by atoms with Gasteiger partial charge < -0.3 is 45.1 Å². The number of aliphatic hydroxyl groups is 5. The van der Waals surface area contributed by atoms with E-state index in [-0.39, 0.29) is 18.9 Å². The largest absolute Gasteiger partial charge is 0.477 e. The molecule has 2 heterocycles. The lowest BCUT2D eigenvalue weighted by molar-refractivity contribution is -0.295. The number of carboxylic acid groups (broad SMARTS) is 1. The molecule has 12 heteroatoms. The average Bonchev–Trinajstić information content (AvgIpc) is 2.78. The first kappa shape index (κ1) is 23.3. The molecule has 1 aliphatic rings. The standard InChI is InChI=1S/C21H25NO11/c1-9-4-16(27)32-14-5-10(2-3-11(9)14)6-15(26)22-17-12(24)7-21(31,20(29)30)33-19(17)18(28)13(25)8-23/h2-5,12-13,17-19,23-25,28,31H,6-8H2,1H3,(H,22,26)(H,29,30)/t12-,13+,17+,18+,19+,21-/m0/s1/i1D. The predicted octanol–water partition coefficient (Wildman–Crippen LogP) is -2.23. The van der Waals surface area contributed by atoms with E-state index in [1.807, 2.05) is 0 Å². The number of aliphatic hydroxyl groups excluding tert-OH is 4. The minimum absolute atomic E-state index is 0.145. The molecule has 6 atom stereocenters. The number of fused-ring (bicyclic) bond motifs is 1. The second-order valence-corrected chi connectivity index (χ2v) is 7.88. The van der Waals surface area contributed by atoms with Crippen LogP contribution in [-0.2, 0) is 20.7 Å². The van der Waals surface area contributed by atoms with Crippen LogP contribution in [0.4, 0.5) is 0 Å². The summed E-state index contributed by atoms with van der Waals surface area (Å²) in [4.78, 5) is 35.7. The lowest BCUT2D eigenvalue weighted by atomic mass is 9.88. The number of hydrogen-bond acceptors (Lipinski definition) is 10. The fourth-order valence-corrected chi connectivity index (χ4v) is 3.71. The maximum Gasteiger partial charge on any atom is 0.364 e. The molecule has 0 aliphatic carbocycles. The molecule has 1 aliphatic heterocycles. The summed E-state index contributed by atoms with van der Waals surface area (Å²) in [7, 11) is 0. The van der Waals surface area contributed by atoms with Crippen molar-refractivity contribution in [3.05, 3.63) is 45.8 Å². The summed E-state index contributed by atoms with van der Waals surface area (Å²) in [5.74, 6) is -5.45. The summed E-state index contributed by atoms with van der Waals surface area (Å²) in [5.41, 5.74) is 0.377. The zero-order valence-electron chi connectivity index (χ0n) is 18.2. The van der Waals surface area contributed by atoms with E-state index in [4.69, 9.17) is 15.6 Å². The van der Waals surface area contributed by atoms with Crippen LogP contribution in [0, 0.1) is 6.90 Å². The van der Waals surface area contributed by atoms with Gasteiger partial charge in [0.2, 0.25) is 5.91 Å². The molecule has 3 rings (SSSR count). The summed E-state index contributed by atoms with van der Waals surface area (Å²) < 4.78 is 17.7. The lowest BCUT2D eigenvalue weighted by Gasteiger charge is -2.44. The van der Waals surface area contributed by atoms with Gasteiger partial charge in [0, 0.05) is 19.2 Å². The first-order chi connectivity index (χ1) is 16.0. The third-order valence-corrected chi connectivity index (χ3v) is 5.42. The van der Waals surface area contributed by atoms with Crippen molar-refractivity contribution < 1.29 is 50.8 Å². The van der Waals surface area contributed by atoms with Crippen LogP contribution in [-0.4, -0.2) is 85.4 Å². The second-order valence-electron chi connectivity index (χ2n) is 7.88. The Morgan fingerprint density at radius 3 is 2.70 bits per heavy atom. The molecule has 0 spiro atoms. The van der Waals surface area contributed by atoms with Crippen LogP contribution in [0.1, 0.15) is 18.9 Å². The molecule has 0 unspecified atom stereocenters. The summed E-state index contributed by atoms with van der Waals surface area (Å²) >= 11 is 0. The fraction of sp³-hybridized carbons (Fsp3) is 0.476. The number of benzene rings is 1. The van der Waals surface area contributed by atoms with Crippen LogP contribution in [0.25, 0.3) is 11.0 Å². The van der Waals surface area contributed by atoms with Crippen LogP contribution in [0.2, 0.25) is 0 Å². The quantitative estimate of drug-likeness (QED) is 0.216. The maximum atomic E-state index is 12.7. The molecule has 0 radical (unpaired) electrons. The Bertz CT molecular complexity index is 1120. The molecule has 1 aromatic heterocycles. The lowest BCUT2D eigenvalue weighted by Crippen LogP contribution is -2.67. The molecule has 1 fully saturated rings. The third-order valence-electron chi connectivity index (χ3n) is 5.42. The van der Waals surface area contributed by atoms with Crippen molar-refractivity contribution in [1.29, 1.82) is 0 Å². The zero-order chi connectivity index (χ0) is 25.2. The van der Waals surface area contributed by atoms with Crippen molar-refractivity contribution in [2.24, 2.45) is 0 Å². The summed E-state index contributed by atoms with van der Waals surface area (Å²) in [6.45, 7) is -1.08. The number of carboxylic acids is 1. The van der Waals surface area contributed by atoms with Gasteiger partial charge in [0.15, 0.2) is 0 Å². The minimum atomic E-state index is -2.90. The molecule has 0 bridgehead atoms. The Kier molecular flexibility index (Phi) is 6.74. The number of carbonyl (C=O) groups excluding carboxylic acids is 1. The summed E-state index contributed by atoms with van der Waals surface area (Å²) in [5, 5.41) is 61.9. The Morgan fingerprint density at radius 1 is 1.33 bits per heavy atom. The number of ether oxygens (including phenoxy) is 1. The average molecular weight is 468 g/mol. The highest BCUT2D eigenvalue weighted by Crippen LogP contribution is 2.30. The molecular formula is C21H25NO11. The first-order valence-corrected chi connectivity index (χ1v) is 9.92. The topological polar surface area (TPSA) is 207 Å². The van der Waals surface area contributed by atoms with Gasteiger partial charge >= 0.3 is 11.6 Å². The number of carbonyl (C=O) groups is 2. The van der Waals surface area contributed by atoms with Crippen molar-refractivity contribution in [1.82, 2.24) is 5.32 Å². The number of hydrogen-bond donors (Lipinski definition) is 7. The molecule has 12 nitrogen and oxygen atoms in total. The monoisotopic (exact) mass is 468 g/mol. The summed E-state index contributed by atoms with van der Waals surface area (Å²) in [6.07, 6.45) is -8.40. The van der Waals surface area contributed by atoms with Crippen molar-refractivity contribution in [2.75, 3.05) is 6.61 Å². The maximum absolute atomic E-state index is 12.7. The van der Waals surface area contributed by atoms with E-state index in [0.717, 1.165) is 0 Å². The van der Waals surface area contributed by atoms with Gasteiger partial charge in [0.05, 0.1) is 25.2 Å². The number of aliphatic carboxylic acids is 1. The van der Waals surface area contributed by atoms with E-state index in [1.54, 1.807) is 12.1 Å². The Hall–Kier alpha value is -2.87. The highest BCUT2D eigenvalue weighted by molar-refractivity contribution is 5.84. The molecule has 1 aromatic carbocycles. The third kappa shape index (κ3) is 5.21. The molecule has 1 saturated heterocycles. The van der Waals surface area contributed by atoms with Gasteiger partial charge in [0.1, 0.15) is 23.9 Å². The molecule has 0 saturated carbocycles. The molecular weight excluding hydrogens is 442 g/mol. The highest BCUT2D eigenvalue weighted by Gasteiger charge is 2.53. The van der Waals surface area contributed by atoms with E-state index in [0.29, 0.717) is 16.5 Å². The number of aryl methyl sites for hydroxylation is 1. The Labute approximate surface area is 188 Å². The number of amides is 1. The Balaban J connectivity index is 1.82. The highest BCUT2D eigenvalue weighted by atomic mass is 16.7. The van der Waals surface area contributed by atoms with E-state index in [2.05, 4.69) is 5.32 Å². The van der Waals surface area contributed by atoms with Crippen LogP contribution in [0.3, 0.4) is 0 Å². The molecule has 7 N–H and O–H groups in total. The second kappa shape index (κ2) is 9.55. The Morgan fingerprint density at radius 2 is 2.06 bits per heavy atom. The fourth-order valence-electron chi connectivity index (χ4n) is 3.71. The smallest absolute Gasteiger partial charge is 0.364 e. The van der Waals surface area contributed by atoms with Crippen LogP contribution < -0.4 is 10.9 Å². The molecule has 180 valence electrons. The zero-order valence-corrected chi connectivity index (χ0v) is 17.2. The van der Waals surface area contributed by atoms with Crippen molar-refractivity contribution in [2.45, 2.75) is 56.0 Å². The SMILES string of the molecule is [2H]Cc1cc(=O)oc2cc(CC(=O)N[C@H]3[C@H]([C@H](O)[C@H](O)CO)O[C@](O)(C(=O)O)C[C@@H]3O)ccc12.